The molecule has 0 aromatic carbocycles. The Bertz CT molecular complexity index is 451. The third-order valence-corrected chi connectivity index (χ3v) is 6.79. The van der Waals surface area contributed by atoms with Crippen LogP contribution in [0.2, 0.25) is 0 Å². The normalized spacial score (nSPS) is 20.8. The molecule has 0 amide bonds. The zero-order valence-electron chi connectivity index (χ0n) is 9.32. The van der Waals surface area contributed by atoms with Crippen molar-refractivity contribution in [3.05, 3.63) is 64.7 Å². The van der Waals surface area contributed by atoms with Crippen LogP contribution in [-0.2, 0) is 6.42 Å². The van der Waals surface area contributed by atoms with Crippen molar-refractivity contribution in [2.75, 3.05) is 0 Å². The molecule has 0 bridgehead atoms. The monoisotopic (exact) mass is 279 g/mol. The molecule has 0 radical (unpaired) electrons. The number of allylic oxidation sites excluding steroid dienone is 4. The fourth-order valence-corrected chi connectivity index (χ4v) is 5.99. The van der Waals surface area contributed by atoms with Crippen molar-refractivity contribution in [3.63, 3.8) is 0 Å². The van der Waals surface area contributed by atoms with E-state index < -0.39 is 13.9 Å². The van der Waals surface area contributed by atoms with Gasteiger partial charge in [0, 0.05) is 0 Å². The standard InChI is InChI=1S/C14H17NSe/c1-3-5-12-8-10-16(11-12)14-13(6-4-2)7-9-15-14/h3-4,7-11,15-16H,1-2,5-6H2. The van der Waals surface area contributed by atoms with Gasteiger partial charge in [0.1, 0.15) is 0 Å². The Morgan fingerprint density at radius 2 is 2.06 bits per heavy atom. The molecule has 2 heteroatoms. The van der Waals surface area contributed by atoms with Crippen molar-refractivity contribution in [2.24, 2.45) is 0 Å². The van der Waals surface area contributed by atoms with Gasteiger partial charge in [0.05, 0.1) is 0 Å². The molecule has 1 nitrogen and oxygen atoms in total. The van der Waals surface area contributed by atoms with Crippen molar-refractivity contribution < 1.29 is 0 Å². The van der Waals surface area contributed by atoms with Gasteiger partial charge in [-0.05, 0) is 0 Å². The first-order valence-electron chi connectivity index (χ1n) is 5.40. The van der Waals surface area contributed by atoms with Gasteiger partial charge in [0.25, 0.3) is 0 Å². The van der Waals surface area contributed by atoms with Gasteiger partial charge in [-0.1, -0.05) is 0 Å². The van der Waals surface area contributed by atoms with Crippen LogP contribution in [0.3, 0.4) is 0 Å². The summed E-state index contributed by atoms with van der Waals surface area (Å²) in [6, 6.07) is 2.17. The first kappa shape index (κ1) is 11.3. The van der Waals surface area contributed by atoms with E-state index in [1.165, 1.54) is 15.7 Å². The number of hydrogen-bond donors (Lipinski definition) is 1. The SMILES string of the molecule is C=CCC1=C[SeH](c2[nH]ccc2CC=C)C=C1. The van der Waals surface area contributed by atoms with Crippen LogP contribution in [0, 0.1) is 0 Å². The molecule has 2 rings (SSSR count). The molecule has 0 spiro atoms. The minimum atomic E-state index is -1.12. The number of rotatable bonds is 5. The molecule has 1 aromatic heterocycles. The van der Waals surface area contributed by atoms with Crippen molar-refractivity contribution in [3.8, 4) is 0 Å². The molecule has 0 saturated heterocycles. The summed E-state index contributed by atoms with van der Waals surface area (Å²) in [5, 5.41) is 0. The molecular formula is C14H17NSe. The molecule has 2 heterocycles. The van der Waals surface area contributed by atoms with Crippen LogP contribution >= 0.6 is 0 Å². The van der Waals surface area contributed by atoms with E-state index in [4.69, 9.17) is 0 Å². The second kappa shape index (κ2) is 5.20. The summed E-state index contributed by atoms with van der Waals surface area (Å²) >= 11 is -1.12. The molecule has 0 aliphatic carbocycles. The number of aromatic amines is 1. The van der Waals surface area contributed by atoms with Crippen molar-refractivity contribution in [1.29, 1.82) is 0 Å². The van der Waals surface area contributed by atoms with Crippen LogP contribution in [0.5, 0.6) is 0 Å². The van der Waals surface area contributed by atoms with Gasteiger partial charge >= 0.3 is 101 Å². The van der Waals surface area contributed by atoms with Gasteiger partial charge in [-0.25, -0.2) is 0 Å². The summed E-state index contributed by atoms with van der Waals surface area (Å²) in [7, 11) is 0. The third kappa shape index (κ3) is 2.29. The van der Waals surface area contributed by atoms with Crippen LogP contribution in [-0.4, -0.2) is 18.9 Å². The Morgan fingerprint density at radius 1 is 1.25 bits per heavy atom. The first-order chi connectivity index (χ1) is 7.85. The molecule has 1 N–H and O–H groups in total. The molecule has 1 aliphatic rings. The Hall–Kier alpha value is -1.24. The van der Waals surface area contributed by atoms with E-state index in [9.17, 15) is 0 Å². The Balaban J connectivity index is 2.20. The molecule has 1 atom stereocenters. The summed E-state index contributed by atoms with van der Waals surface area (Å²) in [5.41, 5.74) is 2.81. The molecule has 1 unspecified atom stereocenters. The molecule has 0 saturated carbocycles. The fourth-order valence-electron chi connectivity index (χ4n) is 1.82. The second-order valence-electron chi connectivity index (χ2n) is 3.76. The average Bonchev–Trinajstić information content (AvgIpc) is 2.87. The van der Waals surface area contributed by atoms with Crippen LogP contribution in [0.4, 0.5) is 0 Å². The Kier molecular flexibility index (Phi) is 3.66. The van der Waals surface area contributed by atoms with Crippen molar-refractivity contribution in [1.82, 2.24) is 4.98 Å². The molecule has 1 aromatic rings. The van der Waals surface area contributed by atoms with Gasteiger partial charge in [-0.2, -0.15) is 0 Å². The van der Waals surface area contributed by atoms with Crippen molar-refractivity contribution in [2.45, 2.75) is 12.8 Å². The molecule has 84 valence electrons. The van der Waals surface area contributed by atoms with Crippen molar-refractivity contribution >= 4 is 18.5 Å². The summed E-state index contributed by atoms with van der Waals surface area (Å²) in [6.07, 6.45) is 10.2. The molecular weight excluding hydrogens is 261 g/mol. The van der Waals surface area contributed by atoms with Gasteiger partial charge < -0.3 is 0 Å². The van der Waals surface area contributed by atoms with E-state index in [0.29, 0.717) is 0 Å². The Labute approximate surface area is 101 Å². The maximum atomic E-state index is 3.80. The fraction of sp³-hybridized carbons (Fsp3) is 0.143. The van der Waals surface area contributed by atoms with Gasteiger partial charge in [-0.15, -0.1) is 0 Å². The zero-order valence-corrected chi connectivity index (χ0v) is 11.2. The minimum absolute atomic E-state index is 0.961. The summed E-state index contributed by atoms with van der Waals surface area (Å²) in [6.45, 7) is 7.58. The summed E-state index contributed by atoms with van der Waals surface area (Å²) < 4.78 is 1.43. The summed E-state index contributed by atoms with van der Waals surface area (Å²) in [4.78, 5) is 8.21. The van der Waals surface area contributed by atoms with E-state index in [0.717, 1.165) is 12.8 Å². The van der Waals surface area contributed by atoms with Crippen LogP contribution in [0.25, 0.3) is 0 Å². The average molecular weight is 278 g/mol. The maximum absolute atomic E-state index is 3.80. The predicted octanol–water partition coefficient (Wildman–Crippen LogP) is 2.33. The van der Waals surface area contributed by atoms with E-state index in [1.807, 2.05) is 18.3 Å². The first-order valence-corrected chi connectivity index (χ1v) is 8.51. The van der Waals surface area contributed by atoms with Crippen LogP contribution < -0.4 is 4.59 Å². The quantitative estimate of drug-likeness (QED) is 0.628. The van der Waals surface area contributed by atoms with Gasteiger partial charge in [-0.3, -0.25) is 0 Å². The van der Waals surface area contributed by atoms with Crippen LogP contribution in [0.1, 0.15) is 12.0 Å². The van der Waals surface area contributed by atoms with Crippen LogP contribution in [0.15, 0.2) is 59.2 Å². The Morgan fingerprint density at radius 3 is 2.81 bits per heavy atom. The topological polar surface area (TPSA) is 15.8 Å². The van der Waals surface area contributed by atoms with E-state index in [2.05, 4.69) is 40.2 Å². The molecule has 0 fully saturated rings. The molecule has 1 aliphatic heterocycles. The zero-order chi connectivity index (χ0) is 11.4. The number of H-pyrrole nitrogens is 1. The van der Waals surface area contributed by atoms with Gasteiger partial charge in [0.2, 0.25) is 0 Å². The third-order valence-electron chi connectivity index (χ3n) is 2.57. The number of nitrogens with one attached hydrogen (secondary N) is 1. The van der Waals surface area contributed by atoms with Gasteiger partial charge in [0.15, 0.2) is 0 Å². The number of aromatic nitrogens is 1. The second-order valence-corrected chi connectivity index (χ2v) is 7.58. The summed E-state index contributed by atoms with van der Waals surface area (Å²) in [5.74, 6) is 0. The van der Waals surface area contributed by atoms with E-state index in [-0.39, 0.29) is 0 Å². The molecule has 16 heavy (non-hydrogen) atoms. The number of hydrogen-bond acceptors (Lipinski definition) is 0. The van der Waals surface area contributed by atoms with E-state index in [1.54, 1.807) is 0 Å². The predicted molar refractivity (Wildman–Crippen MR) is 73.5 cm³/mol. The van der Waals surface area contributed by atoms with E-state index >= 15 is 0 Å².